The van der Waals surface area contributed by atoms with E-state index >= 15 is 0 Å². The minimum absolute atomic E-state index is 0. The second kappa shape index (κ2) is 23.8. The monoisotopic (exact) mass is 580 g/mol. The van der Waals surface area contributed by atoms with Gasteiger partial charge in [-0.2, -0.15) is 0 Å². The standard InChI is InChI=1S/4C6H7N.3ClH.Rh/c4*1-6-3-2-4-7-5-6;;;;/h4*2-5H,1H3;3*1H;/q;;;;;;;+1/p-3. The number of rotatable bonds is 0. The molecule has 0 radical (unpaired) electrons. The molecule has 0 saturated carbocycles. The molecule has 0 aliphatic rings. The van der Waals surface area contributed by atoms with Crippen molar-refractivity contribution >= 4 is 19.4 Å². The molecule has 0 amide bonds. The first kappa shape index (κ1) is 32.3. The van der Waals surface area contributed by atoms with E-state index in [4.69, 9.17) is 19.4 Å². The summed E-state index contributed by atoms with van der Waals surface area (Å²) in [5.74, 6) is 0. The van der Waals surface area contributed by atoms with E-state index < -0.39 is 0 Å². The zero-order valence-corrected chi connectivity index (χ0v) is 22.4. The van der Waals surface area contributed by atoms with E-state index in [-0.39, 0.29) is 27.6 Å². The molecule has 4 heterocycles. The Morgan fingerprint density at radius 2 is 0.688 bits per heavy atom. The summed E-state index contributed by atoms with van der Waals surface area (Å²) in [6, 6.07) is 15.8. The predicted molar refractivity (Wildman–Crippen MR) is 128 cm³/mol. The third-order valence-corrected chi connectivity index (χ3v) is 3.24. The van der Waals surface area contributed by atoms with E-state index in [1.807, 2.05) is 101 Å². The first-order valence-electron chi connectivity index (χ1n) is 9.29. The van der Waals surface area contributed by atoms with Crippen LogP contribution in [-0.2, 0) is 15.1 Å². The van der Waals surface area contributed by atoms with Gasteiger partial charge in [-0.15, -0.1) is 0 Å². The first-order valence-corrected chi connectivity index (χ1v) is 13.5. The van der Waals surface area contributed by atoms with Crippen molar-refractivity contribution in [2.24, 2.45) is 0 Å². The Morgan fingerprint density at radius 1 is 0.500 bits per heavy atom. The van der Waals surface area contributed by atoms with Gasteiger partial charge in [-0.25, -0.2) is 0 Å². The SMILES string of the molecule is Cc1cccnc1.Cc1cccnc1.Cc1cccnc1.Cc1cccnc1.[Cl-].[Cl][Rh-][Cl]. The molecule has 4 aromatic rings. The van der Waals surface area contributed by atoms with E-state index in [9.17, 15) is 0 Å². The number of hydrogen-bond acceptors (Lipinski definition) is 4. The normalized spacial score (nSPS) is 8.31. The molecule has 176 valence electrons. The van der Waals surface area contributed by atoms with Gasteiger partial charge in [0.2, 0.25) is 0 Å². The maximum atomic E-state index is 4.83. The van der Waals surface area contributed by atoms with Crippen LogP contribution < -0.4 is 12.4 Å². The summed E-state index contributed by atoms with van der Waals surface area (Å²) in [5.41, 5.74) is 4.84. The number of nitrogens with zero attached hydrogens (tertiary/aromatic N) is 4. The number of halogens is 3. The van der Waals surface area contributed by atoms with Crippen LogP contribution in [0.25, 0.3) is 0 Å². The molecule has 0 aliphatic heterocycles. The van der Waals surface area contributed by atoms with Crippen molar-refractivity contribution in [3.8, 4) is 0 Å². The third-order valence-electron chi connectivity index (χ3n) is 3.24. The summed E-state index contributed by atoms with van der Waals surface area (Å²) in [7, 11) is 9.67. The quantitative estimate of drug-likeness (QED) is 0.295. The second-order valence-corrected chi connectivity index (χ2v) is 8.66. The van der Waals surface area contributed by atoms with E-state index in [1.165, 1.54) is 22.3 Å². The summed E-state index contributed by atoms with van der Waals surface area (Å²) >= 11 is -0.226. The Balaban J connectivity index is 0. The van der Waals surface area contributed by atoms with Gasteiger partial charge in [-0.1, -0.05) is 24.3 Å². The van der Waals surface area contributed by atoms with Crippen LogP contribution in [0.15, 0.2) is 98.1 Å². The van der Waals surface area contributed by atoms with E-state index in [1.54, 1.807) is 24.8 Å². The molecular weight excluding hydrogens is 554 g/mol. The zero-order chi connectivity index (χ0) is 23.2. The molecule has 32 heavy (non-hydrogen) atoms. The van der Waals surface area contributed by atoms with Gasteiger partial charge >= 0.3 is 34.5 Å². The minimum atomic E-state index is -0.226. The average Bonchev–Trinajstić information content (AvgIpc) is 2.78. The predicted octanol–water partition coefficient (Wildman–Crippen LogP) is 3.94. The molecule has 4 nitrogen and oxygen atoms in total. The summed E-state index contributed by atoms with van der Waals surface area (Å²) in [4.78, 5) is 15.5. The second-order valence-electron chi connectivity index (χ2n) is 6.17. The van der Waals surface area contributed by atoms with Gasteiger partial charge in [-0.05, 0) is 74.2 Å². The van der Waals surface area contributed by atoms with Gasteiger partial charge in [0.15, 0.2) is 0 Å². The van der Waals surface area contributed by atoms with E-state index in [2.05, 4.69) is 19.9 Å². The number of pyridine rings is 4. The fraction of sp³-hybridized carbons (Fsp3) is 0.167. The van der Waals surface area contributed by atoms with Gasteiger partial charge in [0, 0.05) is 49.6 Å². The van der Waals surface area contributed by atoms with Crippen LogP contribution in [0, 0.1) is 27.7 Å². The van der Waals surface area contributed by atoms with Crippen LogP contribution in [0.4, 0.5) is 0 Å². The maximum absolute atomic E-state index is 4.83. The van der Waals surface area contributed by atoms with Crippen molar-refractivity contribution in [3.05, 3.63) is 120 Å². The van der Waals surface area contributed by atoms with E-state index in [0.29, 0.717) is 0 Å². The first-order chi connectivity index (χ1) is 15.0. The molecule has 0 N–H and O–H groups in total. The van der Waals surface area contributed by atoms with Crippen molar-refractivity contribution in [3.63, 3.8) is 0 Å². The molecule has 0 aromatic carbocycles. The Morgan fingerprint density at radius 3 is 0.750 bits per heavy atom. The molecule has 4 aromatic heterocycles. The Hall–Kier alpha value is -1.91. The van der Waals surface area contributed by atoms with Crippen LogP contribution in [-0.4, -0.2) is 19.9 Å². The Labute approximate surface area is 214 Å². The van der Waals surface area contributed by atoms with Gasteiger partial charge in [0.05, 0.1) is 0 Å². The number of aromatic nitrogens is 4. The van der Waals surface area contributed by atoms with Crippen LogP contribution in [0.2, 0.25) is 0 Å². The summed E-state index contributed by atoms with van der Waals surface area (Å²) in [5, 5.41) is 0. The van der Waals surface area contributed by atoms with Gasteiger partial charge in [0.25, 0.3) is 0 Å². The third kappa shape index (κ3) is 22.8. The fourth-order valence-electron chi connectivity index (χ4n) is 1.79. The molecular formula is C24H28Cl3N4Rh-2. The number of hydrogen-bond donors (Lipinski definition) is 0. The van der Waals surface area contributed by atoms with Crippen LogP contribution in [0.5, 0.6) is 0 Å². The molecule has 0 atom stereocenters. The van der Waals surface area contributed by atoms with Gasteiger partial charge in [-0.3, -0.25) is 19.9 Å². The van der Waals surface area contributed by atoms with Crippen LogP contribution >= 0.6 is 19.4 Å². The fourth-order valence-corrected chi connectivity index (χ4v) is 1.79. The molecule has 0 spiro atoms. The van der Waals surface area contributed by atoms with Crippen molar-refractivity contribution in [1.82, 2.24) is 19.9 Å². The topological polar surface area (TPSA) is 51.6 Å². The summed E-state index contributed by atoms with van der Waals surface area (Å²) < 4.78 is 0. The van der Waals surface area contributed by atoms with Gasteiger partial charge in [0.1, 0.15) is 0 Å². The molecule has 0 saturated heterocycles. The van der Waals surface area contributed by atoms with Crippen LogP contribution in [0.1, 0.15) is 22.3 Å². The van der Waals surface area contributed by atoms with Gasteiger partial charge < -0.3 is 12.4 Å². The van der Waals surface area contributed by atoms with Crippen LogP contribution in [0.3, 0.4) is 0 Å². The Kier molecular flexibility index (Phi) is 24.0. The molecule has 0 unspecified atom stereocenters. The number of aryl methyl sites for hydroxylation is 4. The molecule has 8 heteroatoms. The summed E-state index contributed by atoms with van der Waals surface area (Å²) in [6.45, 7) is 8.08. The summed E-state index contributed by atoms with van der Waals surface area (Å²) in [6.07, 6.45) is 14.4. The average molecular weight is 582 g/mol. The Bertz CT molecular complexity index is 722. The molecule has 4 rings (SSSR count). The van der Waals surface area contributed by atoms with Crippen molar-refractivity contribution in [2.45, 2.75) is 27.7 Å². The van der Waals surface area contributed by atoms with Crippen molar-refractivity contribution < 1.29 is 27.6 Å². The molecule has 0 fully saturated rings. The molecule has 0 aliphatic carbocycles. The zero-order valence-electron chi connectivity index (χ0n) is 18.5. The molecule has 0 bridgehead atoms. The van der Waals surface area contributed by atoms with Crippen molar-refractivity contribution in [2.75, 3.05) is 0 Å². The van der Waals surface area contributed by atoms with E-state index in [0.717, 1.165) is 0 Å². The van der Waals surface area contributed by atoms with Crippen molar-refractivity contribution in [1.29, 1.82) is 0 Å².